The third-order valence-electron chi connectivity index (χ3n) is 13.2. The minimum atomic E-state index is -1.44. The molecule has 3 aromatic carbocycles. The number of furan rings is 1. The number of nitrogens with one attached hydrogen (secondary N) is 1. The zero-order valence-electron chi connectivity index (χ0n) is 31.9. The van der Waals surface area contributed by atoms with E-state index in [9.17, 15) is 15.0 Å². The van der Waals surface area contributed by atoms with Crippen molar-refractivity contribution in [3.63, 3.8) is 0 Å². The second-order valence-electron chi connectivity index (χ2n) is 16.4. The standard InChI is InChI=1S/C42H45N3O10S/c1-18-10-21-12-41(49)15-45(4)32(27(21)33(47)34(18)50-5)30-31(41)25-14-51-40(48)42(39-24(11-22(13-43)44-42)23-8-6-7-9-26(23)55-39)16-56-38(30)29-28(25)37-36(52-17-53-37)19(2)35(29)54-20(3)46/h6-10,22,25,30-32,38,44,47,49H,11-17,43H2,1-5H3/t22-,25+,30-,31?,32+,38-,41?,42-/m1/s1. The van der Waals surface area contributed by atoms with E-state index in [4.69, 9.17) is 33.8 Å². The van der Waals surface area contributed by atoms with Gasteiger partial charge < -0.3 is 44.0 Å². The Bertz CT molecular complexity index is 2360. The molecule has 0 amide bonds. The number of carbonyl (C=O) groups excluding carboxylic acids is 2. The van der Waals surface area contributed by atoms with E-state index in [1.807, 2.05) is 51.2 Å². The van der Waals surface area contributed by atoms with Crippen LogP contribution in [0, 0.1) is 25.7 Å². The lowest BCUT2D eigenvalue weighted by Gasteiger charge is -2.58. The summed E-state index contributed by atoms with van der Waals surface area (Å²) in [6.45, 7) is 5.51. The minimum absolute atomic E-state index is 0.0408. The summed E-state index contributed by atoms with van der Waals surface area (Å²) < 4.78 is 37.4. The van der Waals surface area contributed by atoms with Crippen LogP contribution in [-0.4, -0.2) is 85.1 Å². The summed E-state index contributed by atoms with van der Waals surface area (Å²) >= 11 is 1.52. The van der Waals surface area contributed by atoms with Crippen molar-refractivity contribution in [1.29, 1.82) is 0 Å². The first-order chi connectivity index (χ1) is 26.9. The first-order valence-corrected chi connectivity index (χ1v) is 20.2. The Balaban J connectivity index is 1.26. The fraction of sp³-hybridized carbons (Fsp3) is 0.476. The summed E-state index contributed by atoms with van der Waals surface area (Å²) in [5.74, 6) is -0.165. The summed E-state index contributed by atoms with van der Waals surface area (Å²) in [7, 11) is 3.52. The molecule has 294 valence electrons. The van der Waals surface area contributed by atoms with Crippen molar-refractivity contribution in [3.05, 3.63) is 75.0 Å². The number of aromatic hydroxyl groups is 1. The monoisotopic (exact) mass is 783 g/mol. The number of likely N-dealkylation sites (N-methyl/N-ethyl adjacent to an activating group) is 1. The molecule has 1 aromatic heterocycles. The van der Waals surface area contributed by atoms with E-state index >= 15 is 4.79 Å². The van der Waals surface area contributed by atoms with Crippen LogP contribution in [0.15, 0.2) is 34.7 Å². The van der Waals surface area contributed by atoms with Crippen molar-refractivity contribution in [2.45, 2.75) is 68.0 Å². The van der Waals surface area contributed by atoms with E-state index in [0.717, 1.165) is 27.6 Å². The molecule has 0 saturated carbocycles. The zero-order valence-corrected chi connectivity index (χ0v) is 32.7. The van der Waals surface area contributed by atoms with Crippen LogP contribution in [-0.2, 0) is 32.7 Å². The van der Waals surface area contributed by atoms with Gasteiger partial charge in [-0.05, 0) is 44.5 Å². The number of hydrogen-bond donors (Lipinski definition) is 4. The van der Waals surface area contributed by atoms with Crippen LogP contribution >= 0.6 is 11.8 Å². The molecule has 8 atom stereocenters. The quantitative estimate of drug-likeness (QED) is 0.170. The van der Waals surface area contributed by atoms with Gasteiger partial charge in [-0.2, -0.15) is 11.8 Å². The first-order valence-electron chi connectivity index (χ1n) is 19.1. The van der Waals surface area contributed by atoms with E-state index in [-0.39, 0.29) is 43.9 Å². The lowest BCUT2D eigenvalue weighted by molar-refractivity contribution is -0.161. The number of aryl methyl sites for hydroxylation is 1. The molecule has 4 bridgehead atoms. The first kappa shape index (κ1) is 35.9. The Morgan fingerprint density at radius 1 is 1.12 bits per heavy atom. The van der Waals surface area contributed by atoms with Crippen LogP contribution in [0.1, 0.15) is 68.8 Å². The molecular weight excluding hydrogens is 739 g/mol. The lowest BCUT2D eigenvalue weighted by atomic mass is 9.57. The van der Waals surface area contributed by atoms with Gasteiger partial charge in [0.15, 0.2) is 28.5 Å². The highest BCUT2D eigenvalue weighted by Crippen LogP contribution is 2.69. The Morgan fingerprint density at radius 3 is 2.68 bits per heavy atom. The van der Waals surface area contributed by atoms with Crippen LogP contribution in [0.2, 0.25) is 0 Å². The normalized spacial score (nSPS) is 31.3. The number of methoxy groups -OCH3 is 1. The Labute approximate surface area is 327 Å². The van der Waals surface area contributed by atoms with E-state index in [1.165, 1.54) is 18.7 Å². The van der Waals surface area contributed by atoms with Crippen molar-refractivity contribution >= 4 is 34.7 Å². The number of fused-ring (bicyclic) bond motifs is 8. The predicted octanol–water partition coefficient (Wildman–Crippen LogP) is 4.42. The molecule has 8 aliphatic rings. The number of piperidine rings is 1. The SMILES string of the molecule is COc1c(C)cc2c(c1O)[C@H]1[C@H]3C([C@H]4COC(=O)[C@]5(CS[C@@H]3c3c(OC(C)=O)c(C)c6c(c34)OCO6)N[C@@H](CN)Cc3c5oc4ccccc34)C(O)(C2)CN1C. The van der Waals surface area contributed by atoms with Crippen LogP contribution in [0.5, 0.6) is 28.7 Å². The summed E-state index contributed by atoms with van der Waals surface area (Å²) in [5, 5.41) is 29.4. The smallest absolute Gasteiger partial charge is 0.335 e. The number of nitrogens with two attached hydrogens (primary N) is 1. The second kappa shape index (κ2) is 12.5. The Kier molecular flexibility index (Phi) is 8.02. The summed E-state index contributed by atoms with van der Waals surface area (Å²) in [6.07, 6.45) is 0.812. The largest absolute Gasteiger partial charge is 0.504 e. The van der Waals surface area contributed by atoms with Crippen molar-refractivity contribution in [2.24, 2.45) is 17.6 Å². The maximum absolute atomic E-state index is 15.0. The molecule has 56 heavy (non-hydrogen) atoms. The number of phenolic OH excluding ortho intramolecular Hbond substituents is 1. The molecule has 12 rings (SSSR count). The number of benzene rings is 3. The Hall–Kier alpha value is -4.47. The third-order valence-corrected chi connectivity index (χ3v) is 14.7. The molecule has 7 heterocycles. The van der Waals surface area contributed by atoms with Crippen LogP contribution < -0.4 is 30.0 Å². The molecular formula is C42H45N3O10S. The molecule has 2 fully saturated rings. The van der Waals surface area contributed by atoms with Gasteiger partial charge in [0.05, 0.1) is 19.3 Å². The van der Waals surface area contributed by atoms with Crippen molar-refractivity contribution in [1.82, 2.24) is 10.2 Å². The maximum atomic E-state index is 15.0. The molecule has 2 saturated heterocycles. The molecule has 13 nitrogen and oxygen atoms in total. The number of ether oxygens (including phenoxy) is 5. The lowest BCUT2D eigenvalue weighted by Crippen LogP contribution is -2.64. The van der Waals surface area contributed by atoms with Gasteiger partial charge in [0.1, 0.15) is 17.1 Å². The van der Waals surface area contributed by atoms with Crippen molar-refractivity contribution in [3.8, 4) is 28.7 Å². The molecule has 2 aliphatic carbocycles. The van der Waals surface area contributed by atoms with Gasteiger partial charge in [-0.1, -0.05) is 24.3 Å². The fourth-order valence-corrected chi connectivity index (χ4v) is 13.0. The molecule has 6 aliphatic heterocycles. The molecule has 0 radical (unpaired) electrons. The number of thioether (sulfide) groups is 1. The molecule has 4 aromatic rings. The van der Waals surface area contributed by atoms with Gasteiger partial charge >= 0.3 is 11.9 Å². The number of nitrogens with zero attached hydrogens (tertiary/aromatic N) is 1. The fourth-order valence-electron chi connectivity index (χ4n) is 11.3. The highest BCUT2D eigenvalue weighted by molar-refractivity contribution is 7.99. The van der Waals surface area contributed by atoms with Gasteiger partial charge in [-0.25, -0.2) is 4.79 Å². The van der Waals surface area contributed by atoms with E-state index in [0.29, 0.717) is 64.0 Å². The van der Waals surface area contributed by atoms with E-state index in [1.54, 1.807) is 7.11 Å². The van der Waals surface area contributed by atoms with Crippen molar-refractivity contribution in [2.75, 3.05) is 46.4 Å². The maximum Gasteiger partial charge on any atom is 0.335 e. The second-order valence-corrected chi connectivity index (χ2v) is 17.5. The van der Waals surface area contributed by atoms with E-state index in [2.05, 4.69) is 10.2 Å². The van der Waals surface area contributed by atoms with Gasteiger partial charge in [0.2, 0.25) is 6.79 Å². The van der Waals surface area contributed by atoms with Gasteiger partial charge in [-0.3, -0.25) is 15.0 Å². The van der Waals surface area contributed by atoms with Crippen LogP contribution in [0.3, 0.4) is 0 Å². The number of phenols is 1. The minimum Gasteiger partial charge on any atom is -0.504 e. The summed E-state index contributed by atoms with van der Waals surface area (Å²) in [6, 6.07) is 9.08. The number of hydrogen-bond acceptors (Lipinski definition) is 14. The number of rotatable bonds is 3. The highest BCUT2D eigenvalue weighted by Gasteiger charge is 2.65. The van der Waals surface area contributed by atoms with Gasteiger partial charge in [0.25, 0.3) is 0 Å². The predicted molar refractivity (Wildman–Crippen MR) is 205 cm³/mol. The number of para-hydroxylation sites is 1. The molecule has 1 spiro atoms. The molecule has 2 unspecified atom stereocenters. The molecule has 14 heteroatoms. The van der Waals surface area contributed by atoms with E-state index < -0.39 is 52.1 Å². The van der Waals surface area contributed by atoms with Crippen LogP contribution in [0.25, 0.3) is 11.0 Å². The highest BCUT2D eigenvalue weighted by atomic mass is 32.2. The summed E-state index contributed by atoms with van der Waals surface area (Å²) in [4.78, 5) is 30.1. The topological polar surface area (TPSA) is 175 Å². The van der Waals surface area contributed by atoms with Gasteiger partial charge in [0, 0.05) is 100 Å². The third kappa shape index (κ3) is 4.76. The zero-order chi connectivity index (χ0) is 39.0. The average Bonchev–Trinajstić information content (AvgIpc) is 3.76. The van der Waals surface area contributed by atoms with Crippen LogP contribution in [0.4, 0.5) is 0 Å². The molecule has 5 N–H and O–H groups in total. The number of esters is 2. The number of carbonyl (C=O) groups is 2. The Morgan fingerprint density at radius 2 is 1.91 bits per heavy atom. The van der Waals surface area contributed by atoms with Crippen molar-refractivity contribution < 1.29 is 47.9 Å². The summed E-state index contributed by atoms with van der Waals surface area (Å²) in [5.41, 5.74) is 9.49. The van der Waals surface area contributed by atoms with Gasteiger partial charge in [-0.15, -0.1) is 0 Å². The number of aliphatic hydroxyl groups is 1. The average molecular weight is 784 g/mol.